The van der Waals surface area contributed by atoms with Crippen molar-refractivity contribution in [3.05, 3.63) is 59.0 Å². The zero-order chi connectivity index (χ0) is 15.0. The van der Waals surface area contributed by atoms with Crippen molar-refractivity contribution in [2.75, 3.05) is 0 Å². The molecule has 102 valence electrons. The lowest BCUT2D eigenvalue weighted by atomic mass is 10.0. The van der Waals surface area contributed by atoms with E-state index >= 15 is 0 Å². The quantitative estimate of drug-likeness (QED) is 0.730. The number of hydrogen-bond donors (Lipinski definition) is 1. The maximum Gasteiger partial charge on any atom is 0.149 e. The molecule has 0 saturated heterocycles. The molecule has 3 nitrogen and oxygen atoms in total. The number of nitrogens with zero attached hydrogens (tertiary/aromatic N) is 2. The molecule has 3 aromatic rings. The van der Waals surface area contributed by atoms with Crippen molar-refractivity contribution in [1.82, 2.24) is 4.98 Å². The van der Waals surface area contributed by atoms with E-state index in [1.807, 2.05) is 24.3 Å². The minimum atomic E-state index is -0.717. The number of nitriles is 1. The van der Waals surface area contributed by atoms with Gasteiger partial charge in [-0.3, -0.25) is 0 Å². The highest BCUT2D eigenvalue weighted by Crippen LogP contribution is 2.36. The Morgan fingerprint density at radius 3 is 2.67 bits per heavy atom. The van der Waals surface area contributed by atoms with E-state index in [1.165, 1.54) is 6.07 Å². The van der Waals surface area contributed by atoms with Gasteiger partial charge in [0, 0.05) is 22.6 Å². The summed E-state index contributed by atoms with van der Waals surface area (Å²) in [4.78, 5) is 4.25. The largest absolute Gasteiger partial charge is 0.507 e. The van der Waals surface area contributed by atoms with Crippen molar-refractivity contribution in [2.45, 2.75) is 0 Å². The molecule has 21 heavy (non-hydrogen) atoms. The molecule has 0 aliphatic rings. The lowest BCUT2D eigenvalue weighted by Gasteiger charge is -2.09. The summed E-state index contributed by atoms with van der Waals surface area (Å²) >= 11 is 5.76. The van der Waals surface area contributed by atoms with Gasteiger partial charge in [-0.05, 0) is 18.2 Å². The van der Waals surface area contributed by atoms with E-state index in [4.69, 9.17) is 11.6 Å². The van der Waals surface area contributed by atoms with E-state index in [2.05, 4.69) is 4.98 Å². The molecule has 0 aliphatic carbocycles. The van der Waals surface area contributed by atoms with Gasteiger partial charge >= 0.3 is 0 Å². The van der Waals surface area contributed by atoms with Crippen molar-refractivity contribution in [1.29, 1.82) is 5.26 Å². The molecule has 1 heterocycles. The number of phenols is 1. The summed E-state index contributed by atoms with van der Waals surface area (Å²) in [6.45, 7) is 0. The predicted molar refractivity (Wildman–Crippen MR) is 78.5 cm³/mol. The molecule has 0 aliphatic heterocycles. The Labute approximate surface area is 124 Å². The van der Waals surface area contributed by atoms with Gasteiger partial charge in [0.05, 0.1) is 10.5 Å². The maximum atomic E-state index is 13.3. The predicted octanol–water partition coefficient (Wildman–Crippen LogP) is 4.27. The molecule has 0 spiro atoms. The van der Waals surface area contributed by atoms with Crippen LogP contribution in [0.5, 0.6) is 5.75 Å². The molecule has 1 N–H and O–H groups in total. The third kappa shape index (κ3) is 2.28. The average Bonchev–Trinajstić information content (AvgIpc) is 2.49. The van der Waals surface area contributed by atoms with Crippen LogP contribution >= 0.6 is 11.6 Å². The highest BCUT2D eigenvalue weighted by molar-refractivity contribution is 6.31. The Morgan fingerprint density at radius 1 is 1.14 bits per heavy atom. The number of para-hydroxylation sites is 1. The summed E-state index contributed by atoms with van der Waals surface area (Å²) in [5.74, 6) is -1.00. The van der Waals surface area contributed by atoms with E-state index in [9.17, 15) is 14.8 Å². The van der Waals surface area contributed by atoms with Gasteiger partial charge in [-0.1, -0.05) is 29.8 Å². The first-order valence-electron chi connectivity index (χ1n) is 6.08. The van der Waals surface area contributed by atoms with Crippen molar-refractivity contribution in [2.24, 2.45) is 0 Å². The minimum absolute atomic E-state index is 0.125. The van der Waals surface area contributed by atoms with Crippen LogP contribution in [0.25, 0.3) is 22.0 Å². The summed E-state index contributed by atoms with van der Waals surface area (Å²) < 4.78 is 13.3. The number of pyridine rings is 1. The Bertz CT molecular complexity index is 903. The number of halogens is 2. The number of phenolic OH excluding ortho intramolecular Hbond substituents is 1. The normalized spacial score (nSPS) is 10.5. The SMILES string of the molecule is N#Cc1nc2ccccc2cc1-c1cc(Cl)c(F)cc1O. The number of hydrogen-bond acceptors (Lipinski definition) is 3. The van der Waals surface area contributed by atoms with Crippen LogP contribution in [-0.4, -0.2) is 10.1 Å². The first-order valence-corrected chi connectivity index (χ1v) is 6.46. The monoisotopic (exact) mass is 298 g/mol. The highest BCUT2D eigenvalue weighted by atomic mass is 35.5. The Balaban J connectivity index is 2.34. The minimum Gasteiger partial charge on any atom is -0.507 e. The van der Waals surface area contributed by atoms with E-state index in [0.717, 1.165) is 11.5 Å². The summed E-state index contributed by atoms with van der Waals surface area (Å²) in [6.07, 6.45) is 0. The fraction of sp³-hybridized carbons (Fsp3) is 0. The van der Waals surface area contributed by atoms with Gasteiger partial charge < -0.3 is 5.11 Å². The zero-order valence-corrected chi connectivity index (χ0v) is 11.4. The molecule has 3 rings (SSSR count). The van der Waals surface area contributed by atoms with Crippen molar-refractivity contribution in [3.8, 4) is 22.9 Å². The summed E-state index contributed by atoms with van der Waals surface area (Å²) in [5.41, 5.74) is 1.50. The fourth-order valence-electron chi connectivity index (χ4n) is 2.16. The molecule has 1 aromatic heterocycles. The van der Waals surface area contributed by atoms with E-state index in [-0.39, 0.29) is 22.0 Å². The zero-order valence-electron chi connectivity index (χ0n) is 10.6. The van der Waals surface area contributed by atoms with Crippen LogP contribution < -0.4 is 0 Å². The lowest BCUT2D eigenvalue weighted by molar-refractivity contribution is 0.471. The number of fused-ring (bicyclic) bond motifs is 1. The van der Waals surface area contributed by atoms with E-state index in [0.29, 0.717) is 11.1 Å². The van der Waals surface area contributed by atoms with E-state index < -0.39 is 5.82 Å². The smallest absolute Gasteiger partial charge is 0.149 e. The van der Waals surface area contributed by atoms with Crippen LogP contribution in [0.4, 0.5) is 4.39 Å². The van der Waals surface area contributed by atoms with Crippen LogP contribution in [0, 0.1) is 17.1 Å². The Hall–Kier alpha value is -2.64. The number of benzene rings is 2. The van der Waals surface area contributed by atoms with Crippen molar-refractivity contribution < 1.29 is 9.50 Å². The first kappa shape index (κ1) is 13.3. The van der Waals surface area contributed by atoms with Crippen LogP contribution in [0.2, 0.25) is 5.02 Å². The molecule has 0 radical (unpaired) electrons. The van der Waals surface area contributed by atoms with Gasteiger partial charge in [-0.25, -0.2) is 9.37 Å². The molecule has 0 unspecified atom stereocenters. The van der Waals surface area contributed by atoms with Crippen molar-refractivity contribution >= 4 is 22.5 Å². The maximum absolute atomic E-state index is 13.3. The third-order valence-electron chi connectivity index (χ3n) is 3.16. The van der Waals surface area contributed by atoms with Crippen LogP contribution in [0.3, 0.4) is 0 Å². The van der Waals surface area contributed by atoms with Crippen molar-refractivity contribution in [3.63, 3.8) is 0 Å². The van der Waals surface area contributed by atoms with Gasteiger partial charge in [0.25, 0.3) is 0 Å². The van der Waals surface area contributed by atoms with Crippen LogP contribution in [0.1, 0.15) is 5.69 Å². The molecule has 5 heteroatoms. The third-order valence-corrected chi connectivity index (χ3v) is 3.45. The molecule has 0 amide bonds. The molecular weight excluding hydrogens is 291 g/mol. The average molecular weight is 299 g/mol. The standard InChI is InChI=1S/C16H8ClFN2O/c17-12-6-11(16(21)7-13(12)18)10-5-9-3-1-2-4-14(9)20-15(10)8-19/h1-7,21H. The van der Waals surface area contributed by atoms with Gasteiger partial charge in [0.2, 0.25) is 0 Å². The topological polar surface area (TPSA) is 56.9 Å². The second-order valence-corrected chi connectivity index (χ2v) is 4.88. The molecule has 0 bridgehead atoms. The van der Waals surface area contributed by atoms with Gasteiger partial charge in [-0.15, -0.1) is 0 Å². The summed E-state index contributed by atoms with van der Waals surface area (Å²) in [7, 11) is 0. The van der Waals surface area contributed by atoms with Gasteiger partial charge in [0.15, 0.2) is 0 Å². The summed E-state index contributed by atoms with van der Waals surface area (Å²) in [6, 6.07) is 13.2. The highest BCUT2D eigenvalue weighted by Gasteiger charge is 2.15. The second kappa shape index (κ2) is 5.04. The van der Waals surface area contributed by atoms with Crippen LogP contribution in [-0.2, 0) is 0 Å². The first-order chi connectivity index (χ1) is 10.1. The number of rotatable bonds is 1. The fourth-order valence-corrected chi connectivity index (χ4v) is 2.32. The lowest BCUT2D eigenvalue weighted by Crippen LogP contribution is -1.92. The molecule has 0 saturated carbocycles. The number of aromatic nitrogens is 1. The molecule has 0 fully saturated rings. The molecule has 2 aromatic carbocycles. The Kier molecular flexibility index (Phi) is 3.20. The Morgan fingerprint density at radius 2 is 1.90 bits per heavy atom. The molecule has 0 atom stereocenters. The molecular formula is C16H8ClFN2O. The van der Waals surface area contributed by atoms with Gasteiger partial charge in [-0.2, -0.15) is 5.26 Å². The van der Waals surface area contributed by atoms with E-state index in [1.54, 1.807) is 12.1 Å². The van der Waals surface area contributed by atoms with Crippen LogP contribution in [0.15, 0.2) is 42.5 Å². The second-order valence-electron chi connectivity index (χ2n) is 4.47. The van der Waals surface area contributed by atoms with Gasteiger partial charge in [0.1, 0.15) is 23.3 Å². The number of aromatic hydroxyl groups is 1. The summed E-state index contributed by atoms with van der Waals surface area (Å²) in [5, 5.41) is 19.9.